The molecule has 1 aromatic rings. The fourth-order valence-electron chi connectivity index (χ4n) is 2.10. The Hall–Kier alpha value is -1.61. The third-order valence-corrected chi connectivity index (χ3v) is 3.28. The van der Waals surface area contributed by atoms with Crippen molar-refractivity contribution in [3.05, 3.63) is 48.6 Å². The molecule has 0 heterocycles. The van der Waals surface area contributed by atoms with E-state index >= 15 is 0 Å². The number of hydrogen-bond acceptors (Lipinski definition) is 2. The molecule has 0 saturated heterocycles. The third kappa shape index (κ3) is 6.53. The Bertz CT molecular complexity index is 389. The average molecular weight is 274 g/mol. The molecule has 1 unspecified atom stereocenters. The molecule has 0 saturated carbocycles. The Morgan fingerprint density at radius 3 is 2.65 bits per heavy atom. The summed E-state index contributed by atoms with van der Waals surface area (Å²) in [5.74, 6) is -0.0896. The lowest BCUT2D eigenvalue weighted by Gasteiger charge is -2.17. The van der Waals surface area contributed by atoms with Crippen molar-refractivity contribution in [3.63, 3.8) is 0 Å². The van der Waals surface area contributed by atoms with E-state index in [-0.39, 0.29) is 11.9 Å². The summed E-state index contributed by atoms with van der Waals surface area (Å²) in [6.07, 6.45) is 8.76. The van der Waals surface area contributed by atoms with Crippen molar-refractivity contribution in [2.45, 2.75) is 51.5 Å². The van der Waals surface area contributed by atoms with Gasteiger partial charge in [0.05, 0.1) is 0 Å². The number of unbranched alkanes of at least 4 members (excludes halogenated alkanes) is 3. The van der Waals surface area contributed by atoms with Crippen molar-refractivity contribution in [1.29, 1.82) is 0 Å². The first-order chi connectivity index (χ1) is 9.77. The van der Waals surface area contributed by atoms with Crippen LogP contribution in [0.4, 0.5) is 0 Å². The number of carbonyl (C=O) groups excluding carboxylic acids is 1. The number of rotatable bonds is 10. The minimum absolute atomic E-state index is 0.0896. The van der Waals surface area contributed by atoms with Crippen LogP contribution >= 0.6 is 0 Å². The van der Waals surface area contributed by atoms with Gasteiger partial charge in [0.25, 0.3) is 5.91 Å². The van der Waals surface area contributed by atoms with Gasteiger partial charge in [-0.3, -0.25) is 10.2 Å². The maximum Gasteiger partial charge on any atom is 0.265 e. The second-order valence-corrected chi connectivity index (χ2v) is 5.04. The Morgan fingerprint density at radius 1 is 1.25 bits per heavy atom. The first-order valence-electron chi connectivity index (χ1n) is 7.49. The van der Waals surface area contributed by atoms with E-state index in [1.54, 1.807) is 12.1 Å². The molecule has 0 aliphatic carbocycles. The topological polar surface area (TPSA) is 41.1 Å². The SMILES string of the molecule is C=CCC(CCCCCC)NNC(=O)c1ccccc1. The smallest absolute Gasteiger partial charge is 0.265 e. The highest BCUT2D eigenvalue weighted by Gasteiger charge is 2.09. The number of benzene rings is 1. The number of hydrazine groups is 1. The number of nitrogens with one attached hydrogen (secondary N) is 2. The van der Waals surface area contributed by atoms with E-state index in [4.69, 9.17) is 0 Å². The summed E-state index contributed by atoms with van der Waals surface area (Å²) in [4.78, 5) is 11.9. The van der Waals surface area contributed by atoms with Gasteiger partial charge < -0.3 is 0 Å². The first-order valence-corrected chi connectivity index (χ1v) is 7.49. The van der Waals surface area contributed by atoms with Gasteiger partial charge in [0, 0.05) is 11.6 Å². The van der Waals surface area contributed by atoms with Gasteiger partial charge in [-0.15, -0.1) is 6.58 Å². The maximum absolute atomic E-state index is 11.9. The van der Waals surface area contributed by atoms with Crippen LogP contribution in [0.25, 0.3) is 0 Å². The molecule has 0 aliphatic heterocycles. The minimum atomic E-state index is -0.0896. The molecule has 0 bridgehead atoms. The lowest BCUT2D eigenvalue weighted by atomic mass is 10.1. The zero-order valence-corrected chi connectivity index (χ0v) is 12.4. The predicted molar refractivity (Wildman–Crippen MR) is 84.4 cm³/mol. The Balaban J connectivity index is 2.34. The van der Waals surface area contributed by atoms with Gasteiger partial charge in [-0.2, -0.15) is 0 Å². The molecular formula is C17H26N2O. The van der Waals surface area contributed by atoms with E-state index < -0.39 is 0 Å². The molecule has 0 aliphatic rings. The Morgan fingerprint density at radius 2 is 2.00 bits per heavy atom. The quantitative estimate of drug-likeness (QED) is 0.387. The molecule has 1 amide bonds. The fraction of sp³-hybridized carbons (Fsp3) is 0.471. The Kier molecular flexibility index (Phi) is 8.40. The highest BCUT2D eigenvalue weighted by molar-refractivity contribution is 5.93. The van der Waals surface area contributed by atoms with Crippen molar-refractivity contribution in [2.24, 2.45) is 0 Å². The molecular weight excluding hydrogens is 248 g/mol. The second kappa shape index (κ2) is 10.2. The van der Waals surface area contributed by atoms with Gasteiger partial charge in [-0.25, -0.2) is 5.43 Å². The average Bonchev–Trinajstić information content (AvgIpc) is 2.49. The summed E-state index contributed by atoms with van der Waals surface area (Å²) in [7, 11) is 0. The molecule has 0 spiro atoms. The molecule has 3 nitrogen and oxygen atoms in total. The van der Waals surface area contributed by atoms with Crippen LogP contribution in [0.1, 0.15) is 55.8 Å². The van der Waals surface area contributed by atoms with Crippen LogP contribution in [0.15, 0.2) is 43.0 Å². The minimum Gasteiger partial charge on any atom is -0.287 e. The van der Waals surface area contributed by atoms with E-state index in [9.17, 15) is 4.79 Å². The van der Waals surface area contributed by atoms with Gasteiger partial charge in [0.15, 0.2) is 0 Å². The normalized spacial score (nSPS) is 11.8. The van der Waals surface area contributed by atoms with Gasteiger partial charge >= 0.3 is 0 Å². The van der Waals surface area contributed by atoms with Crippen molar-refractivity contribution in [2.75, 3.05) is 0 Å². The molecule has 110 valence electrons. The molecule has 0 aromatic heterocycles. The van der Waals surface area contributed by atoms with E-state index in [1.165, 1.54) is 25.7 Å². The zero-order chi connectivity index (χ0) is 14.6. The standard InChI is InChI=1S/C17H26N2O/c1-3-5-6-10-14-16(11-4-2)18-19-17(20)15-12-8-7-9-13-15/h4,7-9,12-13,16,18H,2-3,5-6,10-11,14H2,1H3,(H,19,20). The lowest BCUT2D eigenvalue weighted by molar-refractivity contribution is 0.0923. The fourth-order valence-corrected chi connectivity index (χ4v) is 2.10. The van der Waals surface area contributed by atoms with Crippen molar-refractivity contribution < 1.29 is 4.79 Å². The van der Waals surface area contributed by atoms with Gasteiger partial charge in [-0.05, 0) is 25.0 Å². The monoisotopic (exact) mass is 274 g/mol. The van der Waals surface area contributed by atoms with E-state index in [0.29, 0.717) is 5.56 Å². The summed E-state index contributed by atoms with van der Waals surface area (Å²) in [5, 5.41) is 0. The largest absolute Gasteiger partial charge is 0.287 e. The van der Waals surface area contributed by atoms with Crippen LogP contribution in [0.2, 0.25) is 0 Å². The zero-order valence-electron chi connectivity index (χ0n) is 12.4. The van der Waals surface area contributed by atoms with Crippen LogP contribution in [0, 0.1) is 0 Å². The van der Waals surface area contributed by atoms with E-state index in [0.717, 1.165) is 12.8 Å². The number of amides is 1. The second-order valence-electron chi connectivity index (χ2n) is 5.04. The summed E-state index contributed by atoms with van der Waals surface area (Å²) in [6, 6.07) is 9.50. The van der Waals surface area contributed by atoms with Crippen molar-refractivity contribution in [1.82, 2.24) is 10.9 Å². The van der Waals surface area contributed by atoms with E-state index in [1.807, 2.05) is 24.3 Å². The number of carbonyl (C=O) groups is 1. The van der Waals surface area contributed by atoms with Gasteiger partial charge in [0.1, 0.15) is 0 Å². The summed E-state index contributed by atoms with van der Waals surface area (Å²) >= 11 is 0. The molecule has 2 N–H and O–H groups in total. The molecule has 1 atom stereocenters. The Labute approximate surface area is 122 Å². The van der Waals surface area contributed by atoms with Gasteiger partial charge in [0.2, 0.25) is 0 Å². The van der Waals surface area contributed by atoms with Crippen LogP contribution in [-0.2, 0) is 0 Å². The van der Waals surface area contributed by atoms with Crippen LogP contribution < -0.4 is 10.9 Å². The van der Waals surface area contributed by atoms with Crippen molar-refractivity contribution in [3.8, 4) is 0 Å². The van der Waals surface area contributed by atoms with Gasteiger partial charge in [-0.1, -0.05) is 56.9 Å². The maximum atomic E-state index is 11.9. The van der Waals surface area contributed by atoms with Crippen LogP contribution in [0.3, 0.4) is 0 Å². The summed E-state index contributed by atoms with van der Waals surface area (Å²) in [5.41, 5.74) is 6.58. The predicted octanol–water partition coefficient (Wildman–Crippen LogP) is 3.84. The highest BCUT2D eigenvalue weighted by Crippen LogP contribution is 2.08. The molecule has 0 radical (unpaired) electrons. The molecule has 1 rings (SSSR count). The molecule has 3 heteroatoms. The number of hydrogen-bond donors (Lipinski definition) is 2. The summed E-state index contributed by atoms with van der Waals surface area (Å²) < 4.78 is 0. The van der Waals surface area contributed by atoms with Crippen molar-refractivity contribution >= 4 is 5.91 Å². The molecule has 1 aromatic carbocycles. The first kappa shape index (κ1) is 16.4. The highest BCUT2D eigenvalue weighted by atomic mass is 16.2. The van der Waals surface area contributed by atoms with Crippen LogP contribution in [-0.4, -0.2) is 11.9 Å². The third-order valence-electron chi connectivity index (χ3n) is 3.28. The van der Waals surface area contributed by atoms with E-state index in [2.05, 4.69) is 24.4 Å². The molecule has 0 fully saturated rings. The molecule has 20 heavy (non-hydrogen) atoms. The van der Waals surface area contributed by atoms with Crippen LogP contribution in [0.5, 0.6) is 0 Å². The lowest BCUT2D eigenvalue weighted by Crippen LogP contribution is -2.44. The summed E-state index contributed by atoms with van der Waals surface area (Å²) in [6.45, 7) is 5.99.